The van der Waals surface area contributed by atoms with Crippen molar-refractivity contribution >= 4 is 0 Å². The molecule has 0 radical (unpaired) electrons. The number of rotatable bonds is 5. The molecule has 2 heterocycles. The van der Waals surface area contributed by atoms with Gasteiger partial charge in [0.05, 0.1) is 0 Å². The summed E-state index contributed by atoms with van der Waals surface area (Å²) in [5.41, 5.74) is 0.0606. The molecule has 0 aliphatic rings. The van der Waals surface area contributed by atoms with Crippen LogP contribution in [0.1, 0.15) is 58.2 Å². The fourth-order valence-corrected chi connectivity index (χ4v) is 2.18. The first-order chi connectivity index (χ1) is 9.63. The van der Waals surface area contributed by atoms with Gasteiger partial charge < -0.3 is 8.83 Å². The van der Waals surface area contributed by atoms with Gasteiger partial charge in [0.1, 0.15) is 0 Å². The van der Waals surface area contributed by atoms with Gasteiger partial charge in [0, 0.05) is 26.2 Å². The predicted molar refractivity (Wildman–Crippen MR) is 77.7 cm³/mol. The van der Waals surface area contributed by atoms with Crippen LogP contribution in [0.2, 0.25) is 0 Å². The Kier molecular flexibility index (Phi) is 4.16. The predicted octanol–water partition coefficient (Wildman–Crippen LogP) is 3.16. The van der Waals surface area contributed by atoms with Gasteiger partial charge in [-0.2, -0.15) is 0 Å². The zero-order valence-corrected chi connectivity index (χ0v) is 13.7. The molecule has 0 saturated carbocycles. The van der Waals surface area contributed by atoms with Crippen LogP contribution in [-0.4, -0.2) is 20.4 Å². The molecule has 2 rings (SSSR count). The summed E-state index contributed by atoms with van der Waals surface area (Å²) in [5, 5.41) is 16.2. The molecule has 0 amide bonds. The van der Waals surface area contributed by atoms with Crippen LogP contribution in [0.15, 0.2) is 8.83 Å². The van der Waals surface area contributed by atoms with Crippen molar-refractivity contribution in [3.63, 3.8) is 0 Å². The molecule has 21 heavy (non-hydrogen) atoms. The zero-order valence-electron chi connectivity index (χ0n) is 13.7. The minimum atomic E-state index is -0.0789. The number of nitrogens with zero attached hydrogens (tertiary/aromatic N) is 4. The molecule has 0 atom stereocenters. The van der Waals surface area contributed by atoms with E-state index in [1.54, 1.807) is 6.92 Å². The molecule has 0 unspecified atom stereocenters. The van der Waals surface area contributed by atoms with Crippen LogP contribution >= 0.6 is 0 Å². The lowest BCUT2D eigenvalue weighted by atomic mass is 9.85. The molecule has 6 heteroatoms. The van der Waals surface area contributed by atoms with Crippen molar-refractivity contribution in [2.24, 2.45) is 10.8 Å². The summed E-state index contributed by atoms with van der Waals surface area (Å²) < 4.78 is 11.2. The molecular weight excluding hydrogens is 268 g/mol. The van der Waals surface area contributed by atoms with Crippen LogP contribution in [-0.2, 0) is 19.3 Å². The molecule has 0 fully saturated rings. The van der Waals surface area contributed by atoms with Crippen molar-refractivity contribution in [1.29, 1.82) is 0 Å². The minimum Gasteiger partial charge on any atom is -0.426 e. The van der Waals surface area contributed by atoms with Gasteiger partial charge in [-0.1, -0.05) is 34.6 Å². The van der Waals surface area contributed by atoms with Crippen LogP contribution in [0.25, 0.3) is 0 Å². The third-order valence-corrected chi connectivity index (χ3v) is 3.02. The van der Waals surface area contributed by atoms with Gasteiger partial charge in [0.2, 0.25) is 23.6 Å². The second-order valence-corrected chi connectivity index (χ2v) is 7.56. The second-order valence-electron chi connectivity index (χ2n) is 7.56. The summed E-state index contributed by atoms with van der Waals surface area (Å²) in [6, 6.07) is 0. The third kappa shape index (κ3) is 4.95. The molecule has 0 bridgehead atoms. The van der Waals surface area contributed by atoms with E-state index in [9.17, 15) is 0 Å². The van der Waals surface area contributed by atoms with E-state index in [1.165, 1.54) is 0 Å². The van der Waals surface area contributed by atoms with Crippen molar-refractivity contribution in [2.45, 2.75) is 60.8 Å². The maximum Gasteiger partial charge on any atom is 0.217 e. The first kappa shape index (κ1) is 15.7. The zero-order chi connectivity index (χ0) is 15.7. The summed E-state index contributed by atoms with van der Waals surface area (Å²) in [7, 11) is 0. The molecule has 2 aromatic heterocycles. The second kappa shape index (κ2) is 5.58. The van der Waals surface area contributed by atoms with Gasteiger partial charge in [-0.3, -0.25) is 0 Å². The Bertz CT molecular complexity index is 593. The molecule has 0 N–H and O–H groups in total. The highest BCUT2D eigenvalue weighted by atomic mass is 16.4. The number of aromatic nitrogens is 4. The van der Waals surface area contributed by atoms with Crippen molar-refractivity contribution in [1.82, 2.24) is 20.4 Å². The first-order valence-corrected chi connectivity index (χ1v) is 7.23. The maximum atomic E-state index is 5.75. The highest BCUT2D eigenvalue weighted by Crippen LogP contribution is 2.27. The van der Waals surface area contributed by atoms with Crippen LogP contribution < -0.4 is 0 Å². The normalized spacial score (nSPS) is 12.9. The largest absolute Gasteiger partial charge is 0.426 e. The molecule has 0 aliphatic heterocycles. The summed E-state index contributed by atoms with van der Waals surface area (Å²) in [5.74, 6) is 2.59. The number of hydrogen-bond acceptors (Lipinski definition) is 6. The third-order valence-electron chi connectivity index (χ3n) is 3.02. The van der Waals surface area contributed by atoms with Gasteiger partial charge in [-0.05, 0) is 10.8 Å². The highest BCUT2D eigenvalue weighted by molar-refractivity contribution is 4.93. The van der Waals surface area contributed by atoms with E-state index in [-0.39, 0.29) is 10.8 Å². The fourth-order valence-electron chi connectivity index (χ4n) is 2.18. The van der Waals surface area contributed by atoms with Crippen LogP contribution in [0.4, 0.5) is 0 Å². The van der Waals surface area contributed by atoms with Gasteiger partial charge in [0.25, 0.3) is 0 Å². The van der Waals surface area contributed by atoms with Gasteiger partial charge >= 0.3 is 0 Å². The van der Waals surface area contributed by atoms with Gasteiger partial charge in [-0.15, -0.1) is 20.4 Å². The van der Waals surface area contributed by atoms with E-state index in [0.717, 1.165) is 6.42 Å². The van der Waals surface area contributed by atoms with Crippen molar-refractivity contribution in [3.05, 3.63) is 23.6 Å². The summed E-state index contributed by atoms with van der Waals surface area (Å²) in [4.78, 5) is 0. The topological polar surface area (TPSA) is 77.8 Å². The highest BCUT2D eigenvalue weighted by Gasteiger charge is 2.26. The first-order valence-electron chi connectivity index (χ1n) is 7.23. The Hall–Kier alpha value is -1.72. The lowest BCUT2D eigenvalue weighted by Gasteiger charge is -2.20. The van der Waals surface area contributed by atoms with E-state index < -0.39 is 0 Å². The molecule has 0 aliphatic carbocycles. The van der Waals surface area contributed by atoms with Crippen molar-refractivity contribution < 1.29 is 8.83 Å². The summed E-state index contributed by atoms with van der Waals surface area (Å²) >= 11 is 0. The fraction of sp³-hybridized carbons (Fsp3) is 0.733. The maximum absolute atomic E-state index is 5.75. The molecule has 6 nitrogen and oxygen atoms in total. The van der Waals surface area contributed by atoms with E-state index in [2.05, 4.69) is 55.0 Å². The summed E-state index contributed by atoms with van der Waals surface area (Å²) in [6.07, 6.45) is 2.15. The Labute approximate surface area is 125 Å². The molecule has 116 valence electrons. The number of aryl methyl sites for hydroxylation is 1. The quantitative estimate of drug-likeness (QED) is 0.842. The SMILES string of the molecule is Cc1nnc(CC(C)(C)Cc2nnc(CC(C)(C)C)o2)o1. The molecular formula is C15H24N4O2. The number of hydrogen-bond donors (Lipinski definition) is 0. The van der Waals surface area contributed by atoms with Crippen molar-refractivity contribution in [2.75, 3.05) is 0 Å². The van der Waals surface area contributed by atoms with Gasteiger partial charge in [0.15, 0.2) is 0 Å². The van der Waals surface area contributed by atoms with E-state index in [4.69, 9.17) is 8.83 Å². The standard InChI is InChI=1S/C15H24N4O2/c1-10-16-17-12(20-10)8-15(5,6)9-13-19-18-11(21-13)7-14(2,3)4/h7-9H2,1-6H3. The molecule has 0 spiro atoms. The average molecular weight is 292 g/mol. The monoisotopic (exact) mass is 292 g/mol. The minimum absolute atomic E-state index is 0.0789. The smallest absolute Gasteiger partial charge is 0.217 e. The lowest BCUT2D eigenvalue weighted by molar-refractivity contribution is 0.279. The Morgan fingerprint density at radius 2 is 1.19 bits per heavy atom. The van der Waals surface area contributed by atoms with E-state index in [0.29, 0.717) is 36.4 Å². The molecule has 0 saturated heterocycles. The average Bonchev–Trinajstić information content (AvgIpc) is 2.85. The molecule has 0 aromatic carbocycles. The van der Waals surface area contributed by atoms with Crippen molar-refractivity contribution in [3.8, 4) is 0 Å². The van der Waals surface area contributed by atoms with E-state index >= 15 is 0 Å². The van der Waals surface area contributed by atoms with Gasteiger partial charge in [-0.25, -0.2) is 0 Å². The Morgan fingerprint density at radius 3 is 1.67 bits per heavy atom. The molecule has 2 aromatic rings. The van der Waals surface area contributed by atoms with Crippen LogP contribution in [0.5, 0.6) is 0 Å². The van der Waals surface area contributed by atoms with Crippen LogP contribution in [0.3, 0.4) is 0 Å². The van der Waals surface area contributed by atoms with E-state index in [1.807, 2.05) is 0 Å². The Morgan fingerprint density at radius 1 is 0.714 bits per heavy atom. The summed E-state index contributed by atoms with van der Waals surface area (Å²) in [6.45, 7) is 12.5. The van der Waals surface area contributed by atoms with Crippen LogP contribution in [0, 0.1) is 17.8 Å². The lowest BCUT2D eigenvalue weighted by Crippen LogP contribution is -2.19. The Balaban J connectivity index is 1.99.